The lowest BCUT2D eigenvalue weighted by Crippen LogP contribution is -2.45. The van der Waals surface area contributed by atoms with E-state index in [0.29, 0.717) is 46.2 Å². The molecule has 0 aliphatic rings. The molecule has 0 aliphatic heterocycles. The van der Waals surface area contributed by atoms with Crippen LogP contribution in [0.5, 0.6) is 11.5 Å². The Labute approximate surface area is 221 Å². The fourth-order valence-corrected chi connectivity index (χ4v) is 4.14. The van der Waals surface area contributed by atoms with E-state index >= 15 is 0 Å². The van der Waals surface area contributed by atoms with Crippen molar-refractivity contribution in [2.24, 2.45) is 5.92 Å². The lowest BCUT2D eigenvalue weighted by atomic mass is 10.0. The number of hydrogen-bond donors (Lipinski definition) is 1. The zero-order valence-electron chi connectivity index (χ0n) is 22.0. The molecular formula is C28H32N6O4. The van der Waals surface area contributed by atoms with Gasteiger partial charge in [0.15, 0.2) is 0 Å². The number of anilines is 1. The molecule has 0 fully saturated rings. The van der Waals surface area contributed by atoms with Gasteiger partial charge in [0.2, 0.25) is 11.8 Å². The first-order chi connectivity index (χ1) is 18.4. The van der Waals surface area contributed by atoms with Gasteiger partial charge in [0.25, 0.3) is 0 Å². The standard InChI is InChI=1S/C28H32N6O4/c1-19(2)11-13-30-28(36)27(20-8-7-12-29-17-20)34(21-14-22(37-3)16-23(15-21)38-4)26(35)18-33-25-10-6-5-9-24(25)31-32-33/h5-10,12,14-17,19,27H,11,13,18H2,1-4H3,(H,30,36). The molecule has 2 amide bonds. The van der Waals surface area contributed by atoms with Gasteiger partial charge < -0.3 is 14.8 Å². The van der Waals surface area contributed by atoms with E-state index in [2.05, 4.69) is 34.5 Å². The van der Waals surface area contributed by atoms with Gasteiger partial charge in [0, 0.05) is 42.7 Å². The van der Waals surface area contributed by atoms with Crippen LogP contribution in [-0.2, 0) is 16.1 Å². The van der Waals surface area contributed by atoms with E-state index in [-0.39, 0.29) is 18.4 Å². The highest BCUT2D eigenvalue weighted by Crippen LogP contribution is 2.34. The number of aromatic nitrogens is 4. The predicted octanol–water partition coefficient (Wildman–Crippen LogP) is 3.78. The zero-order chi connectivity index (χ0) is 27.1. The summed E-state index contributed by atoms with van der Waals surface area (Å²) in [4.78, 5) is 33.5. The Kier molecular flexibility index (Phi) is 8.52. The maximum absolute atomic E-state index is 14.1. The van der Waals surface area contributed by atoms with Crippen LogP contribution in [0.4, 0.5) is 5.69 Å². The van der Waals surface area contributed by atoms with Crippen LogP contribution in [0.3, 0.4) is 0 Å². The second-order valence-electron chi connectivity index (χ2n) is 9.23. The number of para-hydroxylation sites is 1. The summed E-state index contributed by atoms with van der Waals surface area (Å²) < 4.78 is 12.5. The van der Waals surface area contributed by atoms with Crippen molar-refractivity contribution in [2.45, 2.75) is 32.9 Å². The topological polar surface area (TPSA) is 111 Å². The number of methoxy groups -OCH3 is 2. The number of benzene rings is 2. The fourth-order valence-electron chi connectivity index (χ4n) is 4.14. The third-order valence-electron chi connectivity index (χ3n) is 6.12. The minimum Gasteiger partial charge on any atom is -0.497 e. The van der Waals surface area contributed by atoms with Crippen LogP contribution >= 0.6 is 0 Å². The molecule has 0 saturated heterocycles. The Morgan fingerprint density at radius 1 is 1.03 bits per heavy atom. The molecule has 0 aliphatic carbocycles. The van der Waals surface area contributed by atoms with E-state index in [1.54, 1.807) is 42.7 Å². The summed E-state index contributed by atoms with van der Waals surface area (Å²) in [5.74, 6) is 0.677. The molecule has 198 valence electrons. The Bertz CT molecular complexity index is 1370. The molecule has 1 unspecified atom stereocenters. The van der Waals surface area contributed by atoms with Crippen molar-refractivity contribution >= 4 is 28.5 Å². The third kappa shape index (κ3) is 6.08. The molecule has 10 nitrogen and oxygen atoms in total. The van der Waals surface area contributed by atoms with Gasteiger partial charge in [-0.1, -0.05) is 37.3 Å². The Hall–Kier alpha value is -4.47. The van der Waals surface area contributed by atoms with Crippen molar-refractivity contribution in [1.29, 1.82) is 0 Å². The van der Waals surface area contributed by atoms with E-state index in [9.17, 15) is 9.59 Å². The number of nitrogens with zero attached hydrogens (tertiary/aromatic N) is 5. The Morgan fingerprint density at radius 2 is 1.76 bits per heavy atom. The van der Waals surface area contributed by atoms with Gasteiger partial charge in [0.1, 0.15) is 29.6 Å². The summed E-state index contributed by atoms with van der Waals surface area (Å²) in [5, 5.41) is 11.4. The number of rotatable bonds is 11. The molecule has 0 radical (unpaired) electrons. The first-order valence-electron chi connectivity index (χ1n) is 12.4. The van der Waals surface area contributed by atoms with Crippen molar-refractivity contribution in [3.8, 4) is 11.5 Å². The highest BCUT2D eigenvalue weighted by Gasteiger charge is 2.34. The fraction of sp³-hybridized carbons (Fsp3) is 0.321. The van der Waals surface area contributed by atoms with Gasteiger partial charge in [-0.2, -0.15) is 0 Å². The summed E-state index contributed by atoms with van der Waals surface area (Å²) >= 11 is 0. The van der Waals surface area contributed by atoms with Crippen LogP contribution in [0.2, 0.25) is 0 Å². The average Bonchev–Trinajstić information content (AvgIpc) is 3.33. The quantitative estimate of drug-likeness (QED) is 0.323. The molecule has 0 saturated carbocycles. The van der Waals surface area contributed by atoms with Gasteiger partial charge >= 0.3 is 0 Å². The largest absolute Gasteiger partial charge is 0.497 e. The first-order valence-corrected chi connectivity index (χ1v) is 12.4. The number of nitrogens with one attached hydrogen (secondary N) is 1. The van der Waals surface area contributed by atoms with Crippen molar-refractivity contribution in [3.63, 3.8) is 0 Å². The SMILES string of the molecule is COc1cc(OC)cc(N(C(=O)Cn2nnc3ccccc32)C(C(=O)NCCC(C)C)c2cccnc2)c1. The maximum Gasteiger partial charge on any atom is 0.249 e. The number of fused-ring (bicyclic) bond motifs is 1. The molecule has 4 aromatic rings. The van der Waals surface area contributed by atoms with Crippen LogP contribution in [0, 0.1) is 5.92 Å². The smallest absolute Gasteiger partial charge is 0.249 e. The molecule has 4 rings (SSSR count). The maximum atomic E-state index is 14.1. The number of carbonyl (C=O) groups is 2. The van der Waals surface area contributed by atoms with Gasteiger partial charge in [0.05, 0.1) is 25.4 Å². The number of hydrogen-bond acceptors (Lipinski definition) is 7. The van der Waals surface area contributed by atoms with Crippen molar-refractivity contribution in [2.75, 3.05) is 25.7 Å². The van der Waals surface area contributed by atoms with Crippen LogP contribution in [-0.4, -0.2) is 52.6 Å². The van der Waals surface area contributed by atoms with Crippen LogP contribution in [0.25, 0.3) is 11.0 Å². The number of ether oxygens (including phenoxy) is 2. The molecule has 1 atom stereocenters. The molecule has 1 N–H and O–H groups in total. The minimum absolute atomic E-state index is 0.143. The molecule has 10 heteroatoms. The summed E-state index contributed by atoms with van der Waals surface area (Å²) in [5.41, 5.74) is 2.38. The summed E-state index contributed by atoms with van der Waals surface area (Å²) in [6.07, 6.45) is 4.02. The van der Waals surface area contributed by atoms with E-state index in [1.165, 1.54) is 23.8 Å². The van der Waals surface area contributed by atoms with Gasteiger partial charge in [-0.15, -0.1) is 5.10 Å². The molecule has 2 heterocycles. The van der Waals surface area contributed by atoms with Crippen molar-refractivity contribution in [3.05, 3.63) is 72.6 Å². The van der Waals surface area contributed by atoms with Crippen LogP contribution < -0.4 is 19.7 Å². The van der Waals surface area contributed by atoms with Gasteiger partial charge in [-0.3, -0.25) is 19.5 Å². The molecule has 0 spiro atoms. The molecule has 2 aromatic carbocycles. The predicted molar refractivity (Wildman–Crippen MR) is 144 cm³/mol. The minimum atomic E-state index is -1.00. The number of carbonyl (C=O) groups excluding carboxylic acids is 2. The average molecular weight is 517 g/mol. The zero-order valence-corrected chi connectivity index (χ0v) is 22.0. The van der Waals surface area contributed by atoms with Crippen molar-refractivity contribution < 1.29 is 19.1 Å². The highest BCUT2D eigenvalue weighted by atomic mass is 16.5. The van der Waals surface area contributed by atoms with E-state index in [0.717, 1.165) is 6.42 Å². The number of amides is 2. The normalized spacial score (nSPS) is 11.8. The van der Waals surface area contributed by atoms with E-state index in [4.69, 9.17) is 9.47 Å². The Balaban J connectivity index is 1.81. The van der Waals surface area contributed by atoms with Gasteiger partial charge in [-0.05, 0) is 30.5 Å². The van der Waals surface area contributed by atoms with Gasteiger partial charge in [-0.25, -0.2) is 4.68 Å². The second-order valence-corrected chi connectivity index (χ2v) is 9.23. The van der Waals surface area contributed by atoms with E-state index < -0.39 is 6.04 Å². The first kappa shape index (κ1) is 26.6. The van der Waals surface area contributed by atoms with E-state index in [1.807, 2.05) is 24.3 Å². The second kappa shape index (κ2) is 12.2. The highest BCUT2D eigenvalue weighted by molar-refractivity contribution is 6.01. The lowest BCUT2D eigenvalue weighted by molar-refractivity contribution is -0.127. The lowest BCUT2D eigenvalue weighted by Gasteiger charge is -2.32. The summed E-state index contributed by atoms with van der Waals surface area (Å²) in [7, 11) is 3.06. The molecule has 0 bridgehead atoms. The monoisotopic (exact) mass is 516 g/mol. The van der Waals surface area contributed by atoms with Crippen LogP contribution in [0.15, 0.2) is 67.0 Å². The Morgan fingerprint density at radius 3 is 2.42 bits per heavy atom. The summed E-state index contributed by atoms with van der Waals surface area (Å²) in [6.45, 7) is 4.51. The van der Waals surface area contributed by atoms with Crippen LogP contribution in [0.1, 0.15) is 31.9 Å². The third-order valence-corrected chi connectivity index (χ3v) is 6.12. The molecule has 38 heavy (non-hydrogen) atoms. The number of pyridine rings is 1. The van der Waals surface area contributed by atoms with Crippen molar-refractivity contribution in [1.82, 2.24) is 25.3 Å². The summed E-state index contributed by atoms with van der Waals surface area (Å²) in [6, 6.07) is 15.0. The molecular weight excluding hydrogens is 484 g/mol. The molecule has 2 aromatic heterocycles.